The van der Waals surface area contributed by atoms with Gasteiger partial charge in [-0.2, -0.15) is 13.2 Å². The molecule has 0 spiro atoms. The van der Waals surface area contributed by atoms with Crippen LogP contribution in [0.3, 0.4) is 0 Å². The Morgan fingerprint density at radius 2 is 1.91 bits per heavy atom. The fraction of sp³-hybridized carbons (Fsp3) is 0.667. The number of carbonyl (C=O) groups excluding carboxylic acids is 1. The summed E-state index contributed by atoms with van der Waals surface area (Å²) in [5.74, 6) is -0.187. The zero-order valence-corrected chi connectivity index (χ0v) is 21.8. The van der Waals surface area contributed by atoms with Crippen LogP contribution in [0.1, 0.15) is 36.0 Å². The Hall–Kier alpha value is -2.11. The SMILES string of the molecule is C[Si](C)(C)CCOCn1ccc2c3c(cnc21)C(=O)N(CC(F)(F)F)CN3C1CCC(CN)CC1. The van der Waals surface area contributed by atoms with Gasteiger partial charge in [0.25, 0.3) is 5.91 Å². The summed E-state index contributed by atoms with van der Waals surface area (Å²) < 4.78 is 47.6. The number of pyridine rings is 1. The molecule has 4 rings (SSSR count). The number of amides is 1. The predicted octanol–water partition coefficient (Wildman–Crippen LogP) is 4.65. The molecule has 1 saturated carbocycles. The molecule has 11 heteroatoms. The van der Waals surface area contributed by atoms with Crippen LogP contribution in [0.2, 0.25) is 25.7 Å². The second-order valence-corrected chi connectivity index (χ2v) is 16.7. The first kappa shape index (κ1) is 26.0. The van der Waals surface area contributed by atoms with Crippen LogP contribution in [0.15, 0.2) is 18.5 Å². The van der Waals surface area contributed by atoms with Crippen LogP contribution in [0.25, 0.3) is 11.0 Å². The minimum Gasteiger partial charge on any atom is -0.361 e. The van der Waals surface area contributed by atoms with Crippen LogP contribution in [-0.2, 0) is 11.5 Å². The van der Waals surface area contributed by atoms with E-state index in [-0.39, 0.29) is 18.3 Å². The fourth-order valence-corrected chi connectivity index (χ4v) is 5.81. The van der Waals surface area contributed by atoms with E-state index < -0.39 is 26.7 Å². The Bertz CT molecular complexity index is 1040. The lowest BCUT2D eigenvalue weighted by Crippen LogP contribution is -2.54. The molecular weight excluding hydrogens is 475 g/mol. The first-order chi connectivity index (χ1) is 16.5. The van der Waals surface area contributed by atoms with Crippen molar-refractivity contribution in [3.8, 4) is 0 Å². The monoisotopic (exact) mass is 511 g/mol. The molecule has 0 unspecified atom stereocenters. The van der Waals surface area contributed by atoms with Crippen molar-refractivity contribution >= 4 is 30.7 Å². The molecule has 0 saturated heterocycles. The quantitative estimate of drug-likeness (QED) is 0.413. The number of alkyl halides is 3. The van der Waals surface area contributed by atoms with Crippen molar-refractivity contribution in [2.24, 2.45) is 11.7 Å². The lowest BCUT2D eigenvalue weighted by atomic mass is 9.85. The lowest BCUT2D eigenvalue weighted by Gasteiger charge is -2.44. The third-order valence-electron chi connectivity index (χ3n) is 7.08. The van der Waals surface area contributed by atoms with Crippen LogP contribution in [-0.4, -0.2) is 67.0 Å². The summed E-state index contributed by atoms with van der Waals surface area (Å²) in [6.07, 6.45) is 2.37. The molecule has 1 aliphatic carbocycles. The van der Waals surface area contributed by atoms with E-state index in [1.165, 1.54) is 6.20 Å². The summed E-state index contributed by atoms with van der Waals surface area (Å²) in [6, 6.07) is 2.99. The first-order valence-electron chi connectivity index (χ1n) is 12.3. The van der Waals surface area contributed by atoms with Gasteiger partial charge >= 0.3 is 6.18 Å². The molecule has 0 bridgehead atoms. The maximum absolute atomic E-state index is 13.3. The van der Waals surface area contributed by atoms with E-state index in [1.807, 2.05) is 21.7 Å². The highest BCUT2D eigenvalue weighted by atomic mass is 28.3. The van der Waals surface area contributed by atoms with Crippen molar-refractivity contribution in [2.45, 2.75) is 70.3 Å². The van der Waals surface area contributed by atoms with Crippen LogP contribution >= 0.6 is 0 Å². The standard InChI is InChI=1S/C24H36F3N5O2Si/c1-35(2,3)11-10-34-16-30-9-8-19-21-20(13-29-22(19)30)23(33)31(14-24(25,26)27)15-32(21)18-6-4-17(12-28)5-7-18/h8-9,13,17-18H,4-7,10-12,14-16,28H2,1-3H3. The van der Waals surface area contributed by atoms with E-state index in [0.717, 1.165) is 42.0 Å². The van der Waals surface area contributed by atoms with E-state index in [9.17, 15) is 18.0 Å². The molecule has 1 amide bonds. The molecule has 7 nitrogen and oxygen atoms in total. The van der Waals surface area contributed by atoms with Crippen molar-refractivity contribution in [2.75, 3.05) is 31.3 Å². The number of rotatable bonds is 8. The van der Waals surface area contributed by atoms with Gasteiger partial charge in [0.05, 0.1) is 17.9 Å². The summed E-state index contributed by atoms with van der Waals surface area (Å²) in [6.45, 7) is 7.16. The van der Waals surface area contributed by atoms with E-state index in [4.69, 9.17) is 10.5 Å². The molecule has 2 aromatic heterocycles. The number of ether oxygens (including phenoxy) is 1. The predicted molar refractivity (Wildman–Crippen MR) is 133 cm³/mol. The van der Waals surface area contributed by atoms with Crippen LogP contribution in [0.5, 0.6) is 0 Å². The van der Waals surface area contributed by atoms with Gasteiger partial charge in [0, 0.05) is 38.5 Å². The van der Waals surface area contributed by atoms with Gasteiger partial charge in [0.2, 0.25) is 0 Å². The smallest absolute Gasteiger partial charge is 0.361 e. The lowest BCUT2D eigenvalue weighted by molar-refractivity contribution is -0.141. The fourth-order valence-electron chi connectivity index (χ4n) is 5.05. The highest BCUT2D eigenvalue weighted by molar-refractivity contribution is 6.76. The molecule has 1 aliphatic heterocycles. The minimum atomic E-state index is -4.47. The van der Waals surface area contributed by atoms with Crippen molar-refractivity contribution in [1.29, 1.82) is 0 Å². The Kier molecular flexibility index (Phi) is 7.49. The molecule has 2 aliphatic rings. The average molecular weight is 512 g/mol. The number of hydrogen-bond donors (Lipinski definition) is 1. The number of fused-ring (bicyclic) bond motifs is 3. The summed E-state index contributed by atoms with van der Waals surface area (Å²) in [5, 5.41) is 0.775. The molecule has 1 fully saturated rings. The van der Waals surface area contributed by atoms with Gasteiger partial charge in [-0.25, -0.2) is 4.98 Å². The molecule has 3 heterocycles. The maximum Gasteiger partial charge on any atom is 0.406 e. The number of halogens is 3. The highest BCUT2D eigenvalue weighted by Gasteiger charge is 2.41. The van der Waals surface area contributed by atoms with Gasteiger partial charge in [-0.05, 0) is 50.3 Å². The van der Waals surface area contributed by atoms with E-state index in [0.29, 0.717) is 37.1 Å². The Morgan fingerprint density at radius 1 is 1.20 bits per heavy atom. The van der Waals surface area contributed by atoms with Crippen molar-refractivity contribution in [3.63, 3.8) is 0 Å². The zero-order chi connectivity index (χ0) is 25.4. The molecule has 2 aromatic rings. The third-order valence-corrected chi connectivity index (χ3v) is 8.78. The maximum atomic E-state index is 13.3. The van der Waals surface area contributed by atoms with Gasteiger partial charge in [-0.15, -0.1) is 0 Å². The summed E-state index contributed by atoms with van der Waals surface area (Å²) in [5.41, 5.74) is 7.45. The minimum absolute atomic E-state index is 0.0438. The van der Waals surface area contributed by atoms with Crippen molar-refractivity contribution in [3.05, 3.63) is 24.0 Å². The highest BCUT2D eigenvalue weighted by Crippen LogP contribution is 2.40. The third kappa shape index (κ3) is 6.00. The molecule has 35 heavy (non-hydrogen) atoms. The number of hydrogen-bond acceptors (Lipinski definition) is 5. The summed E-state index contributed by atoms with van der Waals surface area (Å²) in [7, 11) is -1.21. The summed E-state index contributed by atoms with van der Waals surface area (Å²) >= 11 is 0. The number of aromatic nitrogens is 2. The normalized spacial score (nSPS) is 21.6. The van der Waals surface area contributed by atoms with E-state index in [1.54, 1.807) is 0 Å². The largest absolute Gasteiger partial charge is 0.406 e. The van der Waals surface area contributed by atoms with Gasteiger partial charge in [-0.3, -0.25) is 4.79 Å². The molecular formula is C24H36F3N5O2Si. The molecule has 0 aromatic carbocycles. The molecule has 194 valence electrons. The van der Waals surface area contributed by atoms with Gasteiger partial charge in [0.15, 0.2) is 0 Å². The number of anilines is 1. The van der Waals surface area contributed by atoms with Crippen molar-refractivity contribution < 1.29 is 22.7 Å². The number of carbonyl (C=O) groups is 1. The summed E-state index contributed by atoms with van der Waals surface area (Å²) in [4.78, 5) is 20.5. The average Bonchev–Trinajstić information content (AvgIpc) is 3.20. The number of nitrogens with zero attached hydrogens (tertiary/aromatic N) is 4. The topological polar surface area (TPSA) is 76.6 Å². The second kappa shape index (κ2) is 10.1. The molecule has 0 radical (unpaired) electrons. The zero-order valence-electron chi connectivity index (χ0n) is 20.8. The Labute approximate surface area is 205 Å². The van der Waals surface area contributed by atoms with Gasteiger partial charge in [-0.1, -0.05) is 19.6 Å². The molecule has 0 atom stereocenters. The Morgan fingerprint density at radius 3 is 2.54 bits per heavy atom. The van der Waals surface area contributed by atoms with Crippen LogP contribution in [0.4, 0.5) is 18.9 Å². The first-order valence-corrected chi connectivity index (χ1v) is 16.1. The second-order valence-electron chi connectivity index (χ2n) is 11.0. The van der Waals surface area contributed by atoms with E-state index in [2.05, 4.69) is 24.6 Å². The van der Waals surface area contributed by atoms with Crippen molar-refractivity contribution in [1.82, 2.24) is 14.5 Å². The van der Waals surface area contributed by atoms with E-state index >= 15 is 0 Å². The Balaban J connectivity index is 1.65. The van der Waals surface area contributed by atoms with Crippen LogP contribution in [0, 0.1) is 5.92 Å². The molecule has 2 N–H and O–H groups in total. The van der Waals surface area contributed by atoms with Crippen LogP contribution < -0.4 is 10.6 Å². The van der Waals surface area contributed by atoms with Gasteiger partial charge in [0.1, 0.15) is 18.9 Å². The van der Waals surface area contributed by atoms with Gasteiger partial charge < -0.3 is 24.8 Å². The number of nitrogens with two attached hydrogens (primary N) is 1.